The summed E-state index contributed by atoms with van der Waals surface area (Å²) in [6.45, 7) is 1.75. The van der Waals surface area contributed by atoms with Gasteiger partial charge in [0, 0.05) is 5.69 Å². The highest BCUT2D eigenvalue weighted by Gasteiger charge is 2.61. The third-order valence-electron chi connectivity index (χ3n) is 1.95. The largest absolute Gasteiger partial charge is 0.446 e. The number of anilines is 1. The number of rotatable bonds is 2. The van der Waals surface area contributed by atoms with Crippen LogP contribution in [0.5, 0.6) is 0 Å². The van der Waals surface area contributed by atoms with Crippen LogP contribution < -0.4 is 5.32 Å². The molecule has 94 valence electrons. The second-order valence-electron chi connectivity index (χ2n) is 3.39. The van der Waals surface area contributed by atoms with E-state index in [1.165, 1.54) is 12.1 Å². The van der Waals surface area contributed by atoms with Crippen molar-refractivity contribution in [1.82, 2.24) is 0 Å². The summed E-state index contributed by atoms with van der Waals surface area (Å²) in [5, 5.41) is -2.68. The number of alkyl halides is 5. The molecule has 0 unspecified atom stereocenters. The molecular formula is C10H8ClF4NO. The Hall–Kier alpha value is -1.30. The minimum absolute atomic E-state index is 0.0347. The van der Waals surface area contributed by atoms with E-state index in [2.05, 4.69) is 11.6 Å². The van der Waals surface area contributed by atoms with Gasteiger partial charge in [-0.3, -0.25) is 4.79 Å². The third-order valence-corrected chi connectivity index (χ3v) is 2.34. The highest BCUT2D eigenvalue weighted by atomic mass is 35.5. The number of hydrogen-bond acceptors (Lipinski definition) is 1. The van der Waals surface area contributed by atoms with E-state index in [4.69, 9.17) is 0 Å². The molecule has 1 N–H and O–H groups in total. The van der Waals surface area contributed by atoms with Gasteiger partial charge in [-0.05, 0) is 19.1 Å². The number of aryl methyl sites for hydroxylation is 1. The van der Waals surface area contributed by atoms with Crippen molar-refractivity contribution in [2.75, 3.05) is 5.32 Å². The van der Waals surface area contributed by atoms with Crippen LogP contribution in [-0.2, 0) is 4.79 Å². The lowest BCUT2D eigenvalue weighted by molar-refractivity contribution is -0.197. The molecule has 0 fully saturated rings. The van der Waals surface area contributed by atoms with Crippen LogP contribution in [-0.4, -0.2) is 17.2 Å². The van der Waals surface area contributed by atoms with Crippen LogP contribution in [0, 0.1) is 6.92 Å². The van der Waals surface area contributed by atoms with Crippen molar-refractivity contribution in [1.29, 1.82) is 0 Å². The quantitative estimate of drug-likeness (QED) is 0.647. The Labute approximate surface area is 99.6 Å². The number of nitrogens with one attached hydrogen (secondary N) is 1. The minimum Gasteiger partial charge on any atom is -0.322 e. The van der Waals surface area contributed by atoms with Crippen LogP contribution in [0.15, 0.2) is 24.3 Å². The first-order chi connectivity index (χ1) is 7.64. The van der Waals surface area contributed by atoms with Gasteiger partial charge in [0.15, 0.2) is 0 Å². The first kappa shape index (κ1) is 13.8. The molecule has 0 aromatic heterocycles. The smallest absolute Gasteiger partial charge is 0.322 e. The Morgan fingerprint density at radius 2 is 1.65 bits per heavy atom. The van der Waals surface area contributed by atoms with Crippen LogP contribution in [0.3, 0.4) is 0 Å². The van der Waals surface area contributed by atoms with E-state index in [0.717, 1.165) is 5.56 Å². The molecule has 1 rings (SSSR count). The van der Waals surface area contributed by atoms with Gasteiger partial charge in [-0.1, -0.05) is 29.3 Å². The van der Waals surface area contributed by atoms with E-state index in [-0.39, 0.29) is 5.69 Å². The lowest BCUT2D eigenvalue weighted by Gasteiger charge is -2.20. The van der Waals surface area contributed by atoms with E-state index in [0.29, 0.717) is 0 Å². The zero-order valence-electron chi connectivity index (χ0n) is 8.61. The highest BCUT2D eigenvalue weighted by molar-refractivity contribution is 6.36. The van der Waals surface area contributed by atoms with Crippen molar-refractivity contribution in [2.24, 2.45) is 0 Å². The zero-order chi connectivity index (χ0) is 13.3. The molecule has 1 amide bonds. The average Bonchev–Trinajstić information content (AvgIpc) is 2.19. The molecule has 0 radical (unpaired) electrons. The van der Waals surface area contributed by atoms with E-state index in [1.54, 1.807) is 24.4 Å². The molecule has 0 saturated carbocycles. The van der Waals surface area contributed by atoms with Crippen molar-refractivity contribution >= 4 is 23.2 Å². The maximum absolute atomic E-state index is 13.0. The monoisotopic (exact) mass is 269 g/mol. The molecule has 0 aliphatic carbocycles. The molecular weight excluding hydrogens is 262 g/mol. The van der Waals surface area contributed by atoms with Gasteiger partial charge in [0.05, 0.1) is 0 Å². The molecule has 2 nitrogen and oxygen atoms in total. The summed E-state index contributed by atoms with van der Waals surface area (Å²) in [6.07, 6.45) is -5.47. The molecule has 0 bridgehead atoms. The summed E-state index contributed by atoms with van der Waals surface area (Å²) < 4.78 is 49.2. The summed E-state index contributed by atoms with van der Waals surface area (Å²) >= 11 is 4.54. The number of benzene rings is 1. The van der Waals surface area contributed by atoms with E-state index in [9.17, 15) is 22.4 Å². The number of halogens is 5. The Bertz CT molecular complexity index is 413. The fourth-order valence-electron chi connectivity index (χ4n) is 0.975. The van der Waals surface area contributed by atoms with Gasteiger partial charge >= 0.3 is 11.3 Å². The van der Waals surface area contributed by atoms with Gasteiger partial charge in [-0.25, -0.2) is 4.39 Å². The Morgan fingerprint density at radius 1 is 1.18 bits per heavy atom. The fraction of sp³-hybridized carbons (Fsp3) is 0.300. The van der Waals surface area contributed by atoms with Gasteiger partial charge < -0.3 is 5.32 Å². The molecule has 7 heteroatoms. The van der Waals surface area contributed by atoms with Crippen molar-refractivity contribution in [3.63, 3.8) is 0 Å². The maximum atomic E-state index is 13.0. The second kappa shape index (κ2) is 4.52. The van der Waals surface area contributed by atoms with Crippen LogP contribution in [0.2, 0.25) is 0 Å². The van der Waals surface area contributed by atoms with Crippen molar-refractivity contribution in [3.05, 3.63) is 29.8 Å². The van der Waals surface area contributed by atoms with Gasteiger partial charge in [-0.15, -0.1) is 0 Å². The molecule has 1 aromatic rings. The average molecular weight is 270 g/mol. The summed E-state index contributed by atoms with van der Waals surface area (Å²) in [5.74, 6) is -1.96. The SMILES string of the molecule is Cc1ccc(NC(=O)[C@@](F)(Cl)C(F)(F)F)cc1. The Kier molecular flexibility index (Phi) is 3.66. The normalized spacial score (nSPS) is 15.2. The first-order valence-electron chi connectivity index (χ1n) is 4.47. The zero-order valence-corrected chi connectivity index (χ0v) is 9.36. The maximum Gasteiger partial charge on any atom is 0.446 e. The lowest BCUT2D eigenvalue weighted by Crippen LogP contribution is -2.46. The lowest BCUT2D eigenvalue weighted by atomic mass is 10.2. The predicted octanol–water partition coefficient (Wildman–Crippen LogP) is 3.40. The second-order valence-corrected chi connectivity index (χ2v) is 3.91. The summed E-state index contributed by atoms with van der Waals surface area (Å²) in [4.78, 5) is 11.0. The molecule has 0 spiro atoms. The number of amides is 1. The van der Waals surface area contributed by atoms with Gasteiger partial charge in [0.2, 0.25) is 0 Å². The molecule has 1 aromatic carbocycles. The van der Waals surface area contributed by atoms with Crippen molar-refractivity contribution < 1.29 is 22.4 Å². The van der Waals surface area contributed by atoms with Gasteiger partial charge in [0.1, 0.15) is 0 Å². The van der Waals surface area contributed by atoms with Crippen LogP contribution in [0.1, 0.15) is 5.56 Å². The molecule has 1 atom stereocenters. The standard InChI is InChI=1S/C10H8ClF4NO/c1-6-2-4-7(5-3-6)16-8(17)9(11,12)10(13,14)15/h2-5H,1H3,(H,16,17)/t9-/m0/s1. The van der Waals surface area contributed by atoms with Crippen molar-refractivity contribution in [2.45, 2.75) is 18.2 Å². The molecule has 0 aliphatic heterocycles. The van der Waals surface area contributed by atoms with Crippen LogP contribution >= 0.6 is 11.6 Å². The van der Waals surface area contributed by atoms with E-state index in [1.807, 2.05) is 0 Å². The fourth-order valence-corrected chi connectivity index (χ4v) is 1.02. The molecule has 0 aliphatic rings. The predicted molar refractivity (Wildman–Crippen MR) is 55.6 cm³/mol. The van der Waals surface area contributed by atoms with Gasteiger partial charge in [0.25, 0.3) is 5.91 Å². The molecule has 17 heavy (non-hydrogen) atoms. The first-order valence-corrected chi connectivity index (χ1v) is 4.85. The van der Waals surface area contributed by atoms with E-state index < -0.39 is 17.2 Å². The molecule has 0 heterocycles. The van der Waals surface area contributed by atoms with E-state index >= 15 is 0 Å². The summed E-state index contributed by atoms with van der Waals surface area (Å²) in [6, 6.07) is 5.79. The third kappa shape index (κ3) is 3.09. The number of carbonyl (C=O) groups is 1. The topological polar surface area (TPSA) is 29.1 Å². The van der Waals surface area contributed by atoms with Crippen molar-refractivity contribution in [3.8, 4) is 0 Å². The Morgan fingerprint density at radius 3 is 2.06 bits per heavy atom. The number of hydrogen-bond donors (Lipinski definition) is 1. The summed E-state index contributed by atoms with van der Waals surface area (Å²) in [7, 11) is 0. The minimum atomic E-state index is -5.47. The Balaban J connectivity index is 2.83. The molecule has 0 saturated heterocycles. The van der Waals surface area contributed by atoms with Gasteiger partial charge in [-0.2, -0.15) is 13.2 Å². The van der Waals surface area contributed by atoms with Crippen LogP contribution in [0.4, 0.5) is 23.2 Å². The summed E-state index contributed by atoms with van der Waals surface area (Å²) in [5.41, 5.74) is 0.878. The number of carbonyl (C=O) groups excluding carboxylic acids is 1. The van der Waals surface area contributed by atoms with Crippen LogP contribution in [0.25, 0.3) is 0 Å². The highest BCUT2D eigenvalue weighted by Crippen LogP contribution is 2.38.